The monoisotopic (exact) mass is 271 g/mol. The lowest BCUT2D eigenvalue weighted by molar-refractivity contribution is 0.172. The Bertz CT molecular complexity index is 586. The highest BCUT2D eigenvalue weighted by Crippen LogP contribution is 2.34. The van der Waals surface area contributed by atoms with Gasteiger partial charge < -0.3 is 19.5 Å². The minimum atomic E-state index is -0.574. The Morgan fingerprint density at radius 3 is 2.65 bits per heavy atom. The smallest absolute Gasteiger partial charge is 0.231 e. The molecule has 1 N–H and O–H groups in total. The fraction of sp³-hybridized carbons (Fsp3) is 0.250. The highest BCUT2D eigenvalue weighted by molar-refractivity contribution is 5.47. The van der Waals surface area contributed by atoms with Crippen molar-refractivity contribution in [1.82, 2.24) is 0 Å². The molecule has 0 aromatic heterocycles. The standard InChI is InChI=1S/C16H17NO3/c1-17(13-5-3-2-4-6-13)10-14(18)12-7-8-15-16(9-12)20-11-19-15/h2-9,14,18H,10-11H2,1H3. The third-order valence-corrected chi connectivity index (χ3v) is 3.43. The average Bonchev–Trinajstić information content (AvgIpc) is 2.95. The molecule has 0 spiro atoms. The van der Waals surface area contributed by atoms with Crippen molar-refractivity contribution in [2.75, 3.05) is 25.3 Å². The molecule has 0 fully saturated rings. The Balaban J connectivity index is 1.71. The number of para-hydroxylation sites is 1. The van der Waals surface area contributed by atoms with Crippen LogP contribution in [0.1, 0.15) is 11.7 Å². The van der Waals surface area contributed by atoms with E-state index in [0.29, 0.717) is 12.3 Å². The van der Waals surface area contributed by atoms with E-state index in [2.05, 4.69) is 0 Å². The zero-order valence-corrected chi connectivity index (χ0v) is 11.3. The van der Waals surface area contributed by atoms with Crippen LogP contribution in [-0.2, 0) is 0 Å². The maximum atomic E-state index is 10.3. The van der Waals surface area contributed by atoms with Gasteiger partial charge in [-0.25, -0.2) is 0 Å². The van der Waals surface area contributed by atoms with Crippen molar-refractivity contribution in [2.24, 2.45) is 0 Å². The number of hydrogen-bond acceptors (Lipinski definition) is 4. The van der Waals surface area contributed by atoms with Crippen LogP contribution in [0.2, 0.25) is 0 Å². The van der Waals surface area contributed by atoms with Gasteiger partial charge in [0, 0.05) is 19.3 Å². The van der Waals surface area contributed by atoms with Crippen LogP contribution in [0.3, 0.4) is 0 Å². The summed E-state index contributed by atoms with van der Waals surface area (Å²) in [6.07, 6.45) is -0.574. The zero-order chi connectivity index (χ0) is 13.9. The van der Waals surface area contributed by atoms with Crippen LogP contribution in [0.5, 0.6) is 11.5 Å². The van der Waals surface area contributed by atoms with E-state index >= 15 is 0 Å². The van der Waals surface area contributed by atoms with Crippen molar-refractivity contribution in [1.29, 1.82) is 0 Å². The number of aliphatic hydroxyl groups is 1. The van der Waals surface area contributed by atoms with Crippen molar-refractivity contribution in [3.63, 3.8) is 0 Å². The van der Waals surface area contributed by atoms with Crippen molar-refractivity contribution in [3.05, 3.63) is 54.1 Å². The Kier molecular flexibility index (Phi) is 3.48. The third-order valence-electron chi connectivity index (χ3n) is 3.43. The Hall–Kier alpha value is -2.20. The molecular weight excluding hydrogens is 254 g/mol. The molecule has 2 aromatic rings. The third kappa shape index (κ3) is 2.56. The summed E-state index contributed by atoms with van der Waals surface area (Å²) in [4.78, 5) is 2.02. The summed E-state index contributed by atoms with van der Waals surface area (Å²) in [7, 11) is 1.96. The van der Waals surface area contributed by atoms with Crippen LogP contribution in [-0.4, -0.2) is 25.5 Å². The normalized spacial score (nSPS) is 14.1. The van der Waals surface area contributed by atoms with E-state index in [1.165, 1.54) is 0 Å². The number of hydrogen-bond donors (Lipinski definition) is 1. The van der Waals surface area contributed by atoms with Crippen LogP contribution < -0.4 is 14.4 Å². The summed E-state index contributed by atoms with van der Waals surface area (Å²) in [6.45, 7) is 0.766. The van der Waals surface area contributed by atoms with Gasteiger partial charge in [0.15, 0.2) is 11.5 Å². The molecular formula is C16H17NO3. The van der Waals surface area contributed by atoms with Crippen LogP contribution in [0.25, 0.3) is 0 Å². The van der Waals surface area contributed by atoms with Gasteiger partial charge in [-0.1, -0.05) is 24.3 Å². The molecule has 1 aliphatic heterocycles. The summed E-state index contributed by atoms with van der Waals surface area (Å²) in [6, 6.07) is 15.5. The van der Waals surface area contributed by atoms with E-state index in [1.54, 1.807) is 0 Å². The second-order valence-corrected chi connectivity index (χ2v) is 4.84. The molecule has 0 aliphatic carbocycles. The molecule has 104 valence electrons. The molecule has 0 saturated heterocycles. The minimum absolute atomic E-state index is 0.249. The molecule has 1 heterocycles. The van der Waals surface area contributed by atoms with E-state index < -0.39 is 6.10 Å². The highest BCUT2D eigenvalue weighted by atomic mass is 16.7. The van der Waals surface area contributed by atoms with Crippen molar-refractivity contribution < 1.29 is 14.6 Å². The van der Waals surface area contributed by atoms with Crippen LogP contribution >= 0.6 is 0 Å². The molecule has 0 radical (unpaired) electrons. The molecule has 0 bridgehead atoms. The first kappa shape index (κ1) is 12.8. The van der Waals surface area contributed by atoms with E-state index in [-0.39, 0.29) is 6.79 Å². The average molecular weight is 271 g/mol. The quantitative estimate of drug-likeness (QED) is 0.928. The van der Waals surface area contributed by atoms with E-state index in [4.69, 9.17) is 9.47 Å². The van der Waals surface area contributed by atoms with Gasteiger partial charge in [0.2, 0.25) is 6.79 Å². The fourth-order valence-corrected chi connectivity index (χ4v) is 2.27. The predicted molar refractivity (Wildman–Crippen MR) is 77.2 cm³/mol. The molecule has 20 heavy (non-hydrogen) atoms. The number of likely N-dealkylation sites (N-methyl/N-ethyl adjacent to an activating group) is 1. The van der Waals surface area contributed by atoms with E-state index in [0.717, 1.165) is 17.0 Å². The number of fused-ring (bicyclic) bond motifs is 1. The number of nitrogens with zero attached hydrogens (tertiary/aromatic N) is 1. The second kappa shape index (κ2) is 5.43. The summed E-state index contributed by atoms with van der Waals surface area (Å²) >= 11 is 0. The summed E-state index contributed by atoms with van der Waals surface area (Å²) in [5, 5.41) is 10.3. The summed E-state index contributed by atoms with van der Waals surface area (Å²) in [5.74, 6) is 1.43. The molecule has 4 heteroatoms. The van der Waals surface area contributed by atoms with Crippen molar-refractivity contribution >= 4 is 5.69 Å². The zero-order valence-electron chi connectivity index (χ0n) is 11.3. The van der Waals surface area contributed by atoms with Gasteiger partial charge in [-0.15, -0.1) is 0 Å². The lowest BCUT2D eigenvalue weighted by Gasteiger charge is -2.23. The van der Waals surface area contributed by atoms with Crippen LogP contribution in [0.15, 0.2) is 48.5 Å². The number of aliphatic hydroxyl groups excluding tert-OH is 1. The molecule has 0 amide bonds. The fourth-order valence-electron chi connectivity index (χ4n) is 2.27. The molecule has 0 saturated carbocycles. The first-order chi connectivity index (χ1) is 9.74. The minimum Gasteiger partial charge on any atom is -0.454 e. The number of anilines is 1. The molecule has 3 rings (SSSR count). The lowest BCUT2D eigenvalue weighted by atomic mass is 10.1. The predicted octanol–water partition coefficient (Wildman–Crippen LogP) is 2.59. The number of benzene rings is 2. The van der Waals surface area contributed by atoms with Crippen LogP contribution in [0.4, 0.5) is 5.69 Å². The Morgan fingerprint density at radius 1 is 1.10 bits per heavy atom. The first-order valence-corrected chi connectivity index (χ1v) is 6.58. The van der Waals surface area contributed by atoms with Crippen molar-refractivity contribution in [3.8, 4) is 11.5 Å². The lowest BCUT2D eigenvalue weighted by Crippen LogP contribution is -2.24. The maximum Gasteiger partial charge on any atom is 0.231 e. The van der Waals surface area contributed by atoms with Gasteiger partial charge in [0.25, 0.3) is 0 Å². The summed E-state index contributed by atoms with van der Waals surface area (Å²) in [5.41, 5.74) is 1.91. The van der Waals surface area contributed by atoms with E-state index in [9.17, 15) is 5.11 Å². The maximum absolute atomic E-state index is 10.3. The van der Waals surface area contributed by atoms with Crippen molar-refractivity contribution in [2.45, 2.75) is 6.10 Å². The van der Waals surface area contributed by atoms with Gasteiger partial charge in [-0.2, -0.15) is 0 Å². The van der Waals surface area contributed by atoms with Gasteiger partial charge in [-0.05, 0) is 29.8 Å². The molecule has 4 nitrogen and oxygen atoms in total. The topological polar surface area (TPSA) is 41.9 Å². The second-order valence-electron chi connectivity index (χ2n) is 4.84. The highest BCUT2D eigenvalue weighted by Gasteiger charge is 2.17. The SMILES string of the molecule is CN(CC(O)c1ccc2c(c1)OCO2)c1ccccc1. The molecule has 1 atom stereocenters. The van der Waals surface area contributed by atoms with Gasteiger partial charge in [0.05, 0.1) is 6.10 Å². The van der Waals surface area contributed by atoms with Gasteiger partial charge in [0.1, 0.15) is 0 Å². The first-order valence-electron chi connectivity index (χ1n) is 6.58. The largest absolute Gasteiger partial charge is 0.454 e. The van der Waals surface area contributed by atoms with Gasteiger partial charge in [-0.3, -0.25) is 0 Å². The number of rotatable bonds is 4. The number of ether oxygens (including phenoxy) is 2. The van der Waals surface area contributed by atoms with Gasteiger partial charge >= 0.3 is 0 Å². The van der Waals surface area contributed by atoms with E-state index in [1.807, 2.05) is 60.5 Å². The molecule has 1 aliphatic rings. The Labute approximate surface area is 118 Å². The molecule has 2 aromatic carbocycles. The molecule has 1 unspecified atom stereocenters. The van der Waals surface area contributed by atoms with Crippen LogP contribution in [0, 0.1) is 0 Å². The summed E-state index contributed by atoms with van der Waals surface area (Å²) < 4.78 is 10.6. The Morgan fingerprint density at radius 2 is 1.85 bits per heavy atom.